The summed E-state index contributed by atoms with van der Waals surface area (Å²) in [5, 5.41) is 0.948. The molecule has 0 atom stereocenters. The summed E-state index contributed by atoms with van der Waals surface area (Å²) in [5.41, 5.74) is 2.05. The number of imidazole rings is 1. The van der Waals surface area contributed by atoms with E-state index >= 15 is 0 Å². The fourth-order valence-corrected chi connectivity index (χ4v) is 8.22. The van der Waals surface area contributed by atoms with Crippen LogP contribution in [0.4, 0.5) is 0 Å². The largest absolute Gasteiger partial charge is 0.343 e. The number of hydrogen-bond acceptors (Lipinski definition) is 5. The molecule has 0 aliphatic carbocycles. The summed E-state index contributed by atoms with van der Waals surface area (Å²) < 4.78 is 41.5. The van der Waals surface area contributed by atoms with E-state index in [9.17, 15) is 8.42 Å². The van der Waals surface area contributed by atoms with Crippen LogP contribution in [0.1, 0.15) is 44.9 Å². The van der Waals surface area contributed by atoms with Gasteiger partial charge in [0.1, 0.15) is 13.5 Å². The molecule has 3 rings (SSSR count). The zero-order chi connectivity index (χ0) is 25.5. The predicted molar refractivity (Wildman–Crippen MR) is 140 cm³/mol. The number of nitrogens with zero attached hydrogens (tertiary/aromatic N) is 3. The Hall–Kier alpha value is -0.943. The Morgan fingerprint density at radius 3 is 2.32 bits per heavy atom. The molecule has 1 fully saturated rings. The highest BCUT2D eigenvalue weighted by Gasteiger charge is 2.44. The van der Waals surface area contributed by atoms with Crippen LogP contribution in [0.5, 0.6) is 0 Å². The van der Waals surface area contributed by atoms with E-state index in [1.165, 1.54) is 8.28 Å². The Balaban J connectivity index is 1.94. The zero-order valence-corrected chi connectivity index (χ0v) is 24.3. The highest BCUT2D eigenvalue weighted by atomic mass is 35.5. The molecule has 1 aromatic carbocycles. The van der Waals surface area contributed by atoms with Crippen molar-refractivity contribution >= 4 is 46.9 Å². The van der Waals surface area contributed by atoms with Crippen molar-refractivity contribution in [1.82, 2.24) is 13.3 Å². The molecule has 1 aliphatic heterocycles. The molecule has 2 heterocycles. The van der Waals surface area contributed by atoms with Gasteiger partial charge in [0.2, 0.25) is 0 Å². The lowest BCUT2D eigenvalue weighted by Crippen LogP contribution is -2.56. The number of aromatic nitrogens is 2. The fourth-order valence-electron chi connectivity index (χ4n) is 3.90. The van der Waals surface area contributed by atoms with Crippen LogP contribution in [0.15, 0.2) is 24.4 Å². The number of halogens is 2. The summed E-state index contributed by atoms with van der Waals surface area (Å²) in [6.45, 7) is 11.7. The monoisotopic (exact) mass is 547 g/mol. The molecule has 1 saturated heterocycles. The topological polar surface area (TPSA) is 73.7 Å². The van der Waals surface area contributed by atoms with Crippen LogP contribution in [0.25, 0.3) is 0 Å². The molecular formula is C23H35Cl2N3O4SSi. The highest BCUT2D eigenvalue weighted by Crippen LogP contribution is 2.41. The lowest BCUT2D eigenvalue weighted by molar-refractivity contribution is -0.171. The van der Waals surface area contributed by atoms with Gasteiger partial charge in [-0.2, -0.15) is 12.7 Å². The van der Waals surface area contributed by atoms with E-state index in [2.05, 4.69) is 38.8 Å². The van der Waals surface area contributed by atoms with E-state index in [0.29, 0.717) is 53.7 Å². The summed E-state index contributed by atoms with van der Waals surface area (Å²) in [5.74, 6) is -0.977. The summed E-state index contributed by atoms with van der Waals surface area (Å²) in [6.07, 6.45) is 3.32. The first kappa shape index (κ1) is 27.6. The SMILES string of the molecule is CN(C)S(=O)(=O)n1c(CCCC2(c3ccc(Cl)cc3Cl)OCCO2)cnc1[Si](C)(C)C(C)(C)C. The minimum absolute atomic E-state index is 0.0733. The smallest absolute Gasteiger partial charge is 0.308 e. The first-order valence-electron chi connectivity index (χ1n) is 11.4. The van der Waals surface area contributed by atoms with Gasteiger partial charge in [-0.3, -0.25) is 0 Å². The number of rotatable bonds is 8. The molecule has 1 aliphatic rings. The van der Waals surface area contributed by atoms with Crippen molar-refractivity contribution < 1.29 is 17.9 Å². The van der Waals surface area contributed by atoms with Gasteiger partial charge in [0.25, 0.3) is 0 Å². The van der Waals surface area contributed by atoms with E-state index in [0.717, 1.165) is 5.56 Å². The second-order valence-corrected chi connectivity index (χ2v) is 18.5. The summed E-state index contributed by atoms with van der Waals surface area (Å²) in [6, 6.07) is 5.27. The quantitative estimate of drug-likeness (QED) is 0.444. The second kappa shape index (κ2) is 9.84. The average molecular weight is 549 g/mol. The minimum atomic E-state index is -3.74. The first-order valence-corrected chi connectivity index (χ1v) is 16.5. The lowest BCUT2D eigenvalue weighted by atomic mass is 9.99. The number of ether oxygens (including phenoxy) is 2. The summed E-state index contributed by atoms with van der Waals surface area (Å²) in [4.78, 5) is 4.67. The van der Waals surface area contributed by atoms with Crippen LogP contribution in [0, 0.1) is 0 Å². The number of aryl methyl sites for hydroxylation is 1. The molecule has 0 spiro atoms. The van der Waals surface area contributed by atoms with Gasteiger partial charge in [-0.05, 0) is 30.0 Å². The lowest BCUT2D eigenvalue weighted by Gasteiger charge is -2.36. The van der Waals surface area contributed by atoms with Gasteiger partial charge in [0.05, 0.1) is 23.9 Å². The van der Waals surface area contributed by atoms with Gasteiger partial charge in [-0.25, -0.2) is 8.96 Å². The molecule has 0 N–H and O–H groups in total. The third kappa shape index (κ3) is 5.12. The van der Waals surface area contributed by atoms with Crippen LogP contribution in [0.2, 0.25) is 28.2 Å². The highest BCUT2D eigenvalue weighted by molar-refractivity contribution is 7.87. The van der Waals surface area contributed by atoms with Crippen molar-refractivity contribution in [3.63, 3.8) is 0 Å². The molecule has 0 amide bonds. The number of hydrogen-bond donors (Lipinski definition) is 0. The summed E-state index contributed by atoms with van der Waals surface area (Å²) in [7, 11) is -2.89. The average Bonchev–Trinajstić information content (AvgIpc) is 3.35. The van der Waals surface area contributed by atoms with Crippen molar-refractivity contribution in [3.05, 3.63) is 45.7 Å². The molecule has 0 radical (unpaired) electrons. The molecule has 0 saturated carbocycles. The summed E-state index contributed by atoms with van der Waals surface area (Å²) >= 11 is 12.5. The molecule has 11 heteroatoms. The third-order valence-electron chi connectivity index (χ3n) is 6.95. The van der Waals surface area contributed by atoms with Crippen LogP contribution in [0.3, 0.4) is 0 Å². The van der Waals surface area contributed by atoms with Gasteiger partial charge in [-0.15, -0.1) is 0 Å². The normalized spacial score (nSPS) is 17.0. The molecule has 7 nitrogen and oxygen atoms in total. The maximum absolute atomic E-state index is 13.4. The minimum Gasteiger partial charge on any atom is -0.343 e. The van der Waals surface area contributed by atoms with Gasteiger partial charge < -0.3 is 9.47 Å². The molecule has 34 heavy (non-hydrogen) atoms. The molecular weight excluding hydrogens is 513 g/mol. The van der Waals surface area contributed by atoms with E-state index in [1.807, 2.05) is 6.07 Å². The van der Waals surface area contributed by atoms with Crippen LogP contribution in [-0.4, -0.2) is 57.1 Å². The van der Waals surface area contributed by atoms with Crippen LogP contribution in [-0.2, 0) is 31.9 Å². The van der Waals surface area contributed by atoms with Crippen molar-refractivity contribution in [1.29, 1.82) is 0 Å². The van der Waals surface area contributed by atoms with Crippen molar-refractivity contribution in [2.75, 3.05) is 27.3 Å². The Kier molecular flexibility index (Phi) is 8.00. The Morgan fingerprint density at radius 1 is 1.18 bits per heavy atom. The van der Waals surface area contributed by atoms with Crippen molar-refractivity contribution in [2.24, 2.45) is 0 Å². The predicted octanol–water partition coefficient (Wildman–Crippen LogP) is 4.78. The third-order valence-corrected chi connectivity index (χ3v) is 14.7. The molecule has 2 aromatic rings. The van der Waals surface area contributed by atoms with E-state index < -0.39 is 24.1 Å². The number of benzene rings is 1. The second-order valence-electron chi connectivity index (χ2n) is 10.4. The standard InChI is InChI=1S/C23H35Cl2N3O4SSi/c1-22(2,3)34(6,7)21-26-16-18(28(21)33(29,30)27(4)5)9-8-12-23(31-13-14-32-23)19-11-10-17(24)15-20(19)25/h10-11,15-16H,8-9,12-14H2,1-7H3. The molecule has 0 unspecified atom stereocenters. The maximum atomic E-state index is 13.4. The van der Waals surface area contributed by atoms with E-state index in [-0.39, 0.29) is 5.04 Å². The Labute approximate surface area is 214 Å². The van der Waals surface area contributed by atoms with Gasteiger partial charge in [0.15, 0.2) is 5.79 Å². The van der Waals surface area contributed by atoms with Crippen LogP contribution < -0.4 is 5.45 Å². The van der Waals surface area contributed by atoms with Crippen LogP contribution >= 0.6 is 23.2 Å². The van der Waals surface area contributed by atoms with E-state index in [4.69, 9.17) is 32.7 Å². The molecule has 190 valence electrons. The van der Waals surface area contributed by atoms with Crippen molar-refractivity contribution in [3.8, 4) is 0 Å². The first-order chi connectivity index (χ1) is 15.6. The molecule has 0 bridgehead atoms. The van der Waals surface area contributed by atoms with E-state index in [1.54, 1.807) is 32.4 Å². The van der Waals surface area contributed by atoms with Gasteiger partial charge in [-0.1, -0.05) is 63.1 Å². The maximum Gasteiger partial charge on any atom is 0.308 e. The van der Waals surface area contributed by atoms with Gasteiger partial charge >= 0.3 is 10.2 Å². The zero-order valence-electron chi connectivity index (χ0n) is 21.0. The Morgan fingerprint density at radius 2 is 1.79 bits per heavy atom. The Bertz CT molecular complexity index is 1140. The van der Waals surface area contributed by atoms with Crippen molar-refractivity contribution in [2.45, 2.75) is 64.0 Å². The van der Waals surface area contributed by atoms with Gasteiger partial charge in [0, 0.05) is 37.3 Å². The fraction of sp³-hybridized carbons (Fsp3) is 0.609. The molecule has 1 aromatic heterocycles.